The van der Waals surface area contributed by atoms with Crippen molar-refractivity contribution in [2.24, 2.45) is 16.7 Å². The Morgan fingerprint density at radius 1 is 1.27 bits per heavy atom. The van der Waals surface area contributed by atoms with Crippen LogP contribution in [0.1, 0.15) is 46.5 Å². The summed E-state index contributed by atoms with van der Waals surface area (Å²) in [7, 11) is 1.45. The maximum atomic E-state index is 13.4. The van der Waals surface area contributed by atoms with Gasteiger partial charge in [-0.05, 0) is 43.1 Å². The van der Waals surface area contributed by atoms with E-state index in [1.165, 1.54) is 14.0 Å². The first-order chi connectivity index (χ1) is 14.1. The minimum Gasteiger partial charge on any atom is -0.504 e. The van der Waals surface area contributed by atoms with Crippen molar-refractivity contribution in [3.63, 3.8) is 0 Å². The molecular formula is C22H28O8. The van der Waals surface area contributed by atoms with Gasteiger partial charge in [-0.25, -0.2) is 4.79 Å². The summed E-state index contributed by atoms with van der Waals surface area (Å²) in [6.07, 6.45) is -0.288. The molecule has 1 heterocycles. The van der Waals surface area contributed by atoms with Crippen LogP contribution >= 0.6 is 0 Å². The van der Waals surface area contributed by atoms with Crippen molar-refractivity contribution in [1.29, 1.82) is 0 Å². The largest absolute Gasteiger partial charge is 0.504 e. The summed E-state index contributed by atoms with van der Waals surface area (Å²) in [4.78, 5) is 37.7. The molecule has 3 aliphatic carbocycles. The molecule has 0 bridgehead atoms. The van der Waals surface area contributed by atoms with E-state index >= 15 is 0 Å². The van der Waals surface area contributed by atoms with Crippen molar-refractivity contribution < 1.29 is 38.8 Å². The first kappa shape index (κ1) is 21.1. The molecule has 2 fully saturated rings. The molecule has 0 spiro atoms. The predicted octanol–water partition coefficient (Wildman–Crippen LogP) is 1.76. The molecule has 1 saturated carbocycles. The number of rotatable bonds is 3. The number of ether oxygens (including phenoxy) is 3. The fraction of sp³-hybridized carbons (Fsp3) is 0.682. The van der Waals surface area contributed by atoms with Gasteiger partial charge < -0.3 is 24.4 Å². The average Bonchev–Trinajstić information content (AvgIpc) is 3.04. The Morgan fingerprint density at radius 2 is 1.97 bits per heavy atom. The molecule has 2 N–H and O–H groups in total. The number of ketones is 1. The summed E-state index contributed by atoms with van der Waals surface area (Å²) in [6, 6.07) is 0. The normalized spacial score (nSPS) is 40.6. The molecule has 4 rings (SSSR count). The standard InChI is InChI=1S/C22H28O8/c1-10(23)29-12-8-21(2)7-5-6-11(21)14-15(12)22(3)13(9-28-4)30-20(27)19(26)16(22)18(25)17(14)24/h11-13,19,25-26H,5-9H2,1-4H3. The van der Waals surface area contributed by atoms with Crippen molar-refractivity contribution in [2.45, 2.75) is 64.8 Å². The lowest BCUT2D eigenvalue weighted by atomic mass is 9.54. The van der Waals surface area contributed by atoms with Crippen LogP contribution in [-0.4, -0.2) is 60.0 Å². The maximum Gasteiger partial charge on any atom is 0.339 e. The van der Waals surface area contributed by atoms with Crippen LogP contribution in [0.25, 0.3) is 0 Å². The van der Waals surface area contributed by atoms with E-state index < -0.39 is 47.2 Å². The van der Waals surface area contributed by atoms with Gasteiger partial charge in [-0.2, -0.15) is 0 Å². The zero-order valence-corrected chi connectivity index (χ0v) is 17.7. The fourth-order valence-electron chi connectivity index (χ4n) is 6.25. The second-order valence-corrected chi connectivity index (χ2v) is 9.31. The number of methoxy groups -OCH3 is 1. The number of Topliss-reactive ketones (excluding diaryl/α,β-unsaturated/α-hetero) is 1. The molecule has 6 atom stereocenters. The molecular weight excluding hydrogens is 392 g/mol. The van der Waals surface area contributed by atoms with Crippen LogP contribution < -0.4 is 0 Å². The summed E-state index contributed by atoms with van der Waals surface area (Å²) >= 11 is 0. The van der Waals surface area contributed by atoms with Crippen LogP contribution in [0.5, 0.6) is 0 Å². The number of carbonyl (C=O) groups excluding carboxylic acids is 3. The molecule has 30 heavy (non-hydrogen) atoms. The van der Waals surface area contributed by atoms with E-state index in [0.29, 0.717) is 17.6 Å². The molecule has 1 aliphatic heterocycles. The highest BCUT2D eigenvalue weighted by molar-refractivity contribution is 6.11. The number of aliphatic hydroxyl groups excluding tert-OH is 2. The SMILES string of the molecule is COCC1OC(=O)C(O)C2=C(O)C(=O)C3=C(C(OC(C)=O)CC4(C)CCCC34)C21C. The highest BCUT2D eigenvalue weighted by Crippen LogP contribution is 2.62. The number of esters is 2. The molecule has 0 aromatic carbocycles. The van der Waals surface area contributed by atoms with E-state index in [2.05, 4.69) is 6.92 Å². The minimum absolute atomic E-state index is 0.00850. The molecule has 8 heteroatoms. The topological polar surface area (TPSA) is 119 Å². The van der Waals surface area contributed by atoms with Gasteiger partial charge >= 0.3 is 11.9 Å². The molecule has 6 unspecified atom stereocenters. The first-order valence-corrected chi connectivity index (χ1v) is 10.3. The molecule has 8 nitrogen and oxygen atoms in total. The van der Waals surface area contributed by atoms with Crippen LogP contribution in [0, 0.1) is 16.7 Å². The smallest absolute Gasteiger partial charge is 0.339 e. The molecule has 0 amide bonds. The Kier molecular flexibility index (Phi) is 4.86. The van der Waals surface area contributed by atoms with E-state index in [-0.39, 0.29) is 23.5 Å². The average molecular weight is 420 g/mol. The van der Waals surface area contributed by atoms with Crippen LogP contribution in [0.3, 0.4) is 0 Å². The Bertz CT molecular complexity index is 886. The van der Waals surface area contributed by atoms with Gasteiger partial charge in [0.05, 0.1) is 12.0 Å². The van der Waals surface area contributed by atoms with Crippen molar-refractivity contribution in [3.05, 3.63) is 22.5 Å². The van der Waals surface area contributed by atoms with Gasteiger partial charge in [0.15, 0.2) is 11.9 Å². The quantitative estimate of drug-likeness (QED) is 0.663. The molecule has 0 aromatic rings. The minimum atomic E-state index is -1.78. The van der Waals surface area contributed by atoms with Gasteiger partial charge in [-0.15, -0.1) is 0 Å². The zero-order valence-electron chi connectivity index (χ0n) is 17.7. The Morgan fingerprint density at radius 3 is 2.60 bits per heavy atom. The van der Waals surface area contributed by atoms with Gasteiger partial charge in [0.1, 0.15) is 12.2 Å². The van der Waals surface area contributed by atoms with E-state index in [4.69, 9.17) is 14.2 Å². The Hall–Kier alpha value is -2.19. The Labute approximate surface area is 174 Å². The van der Waals surface area contributed by atoms with E-state index in [1.54, 1.807) is 6.92 Å². The lowest BCUT2D eigenvalue weighted by molar-refractivity contribution is -0.177. The number of allylic oxidation sites excluding steroid dienone is 1. The third kappa shape index (κ3) is 2.69. The van der Waals surface area contributed by atoms with E-state index in [1.807, 2.05) is 0 Å². The summed E-state index contributed by atoms with van der Waals surface area (Å²) in [5.41, 5.74) is -0.622. The fourth-order valence-corrected chi connectivity index (χ4v) is 6.25. The lowest BCUT2D eigenvalue weighted by Crippen LogP contribution is -2.59. The molecule has 0 radical (unpaired) electrons. The summed E-state index contributed by atoms with van der Waals surface area (Å²) in [5.74, 6) is -2.75. The Balaban J connectivity index is 1.99. The van der Waals surface area contributed by atoms with Crippen LogP contribution in [-0.2, 0) is 28.6 Å². The number of hydrogen-bond donors (Lipinski definition) is 2. The second-order valence-electron chi connectivity index (χ2n) is 9.31. The highest BCUT2D eigenvalue weighted by atomic mass is 16.6. The molecule has 0 aromatic heterocycles. The van der Waals surface area contributed by atoms with Crippen LogP contribution in [0.4, 0.5) is 0 Å². The van der Waals surface area contributed by atoms with Gasteiger partial charge in [0.2, 0.25) is 5.78 Å². The zero-order chi connectivity index (χ0) is 22.0. The second kappa shape index (κ2) is 6.92. The third-order valence-corrected chi connectivity index (χ3v) is 7.55. The van der Waals surface area contributed by atoms with Crippen molar-refractivity contribution >= 4 is 17.7 Å². The van der Waals surface area contributed by atoms with Gasteiger partial charge in [0.25, 0.3) is 0 Å². The molecule has 1 saturated heterocycles. The first-order valence-electron chi connectivity index (χ1n) is 10.3. The monoisotopic (exact) mass is 420 g/mol. The highest BCUT2D eigenvalue weighted by Gasteiger charge is 2.63. The van der Waals surface area contributed by atoms with E-state index in [0.717, 1.165) is 19.3 Å². The van der Waals surface area contributed by atoms with E-state index in [9.17, 15) is 24.6 Å². The maximum absolute atomic E-state index is 13.4. The molecule has 164 valence electrons. The number of cyclic esters (lactones) is 1. The number of fused-ring (bicyclic) bond motifs is 4. The van der Waals surface area contributed by atoms with Crippen molar-refractivity contribution in [3.8, 4) is 0 Å². The van der Waals surface area contributed by atoms with Crippen molar-refractivity contribution in [1.82, 2.24) is 0 Å². The van der Waals surface area contributed by atoms with Gasteiger partial charge in [-0.1, -0.05) is 13.3 Å². The summed E-state index contributed by atoms with van der Waals surface area (Å²) in [5, 5.41) is 21.5. The number of carbonyl (C=O) groups is 3. The number of hydrogen-bond acceptors (Lipinski definition) is 8. The van der Waals surface area contributed by atoms with Crippen LogP contribution in [0.2, 0.25) is 0 Å². The third-order valence-electron chi connectivity index (χ3n) is 7.55. The lowest BCUT2D eigenvalue weighted by Gasteiger charge is -2.54. The van der Waals surface area contributed by atoms with Gasteiger partial charge in [0, 0.05) is 25.2 Å². The summed E-state index contributed by atoms with van der Waals surface area (Å²) < 4.78 is 16.5. The van der Waals surface area contributed by atoms with Crippen molar-refractivity contribution in [2.75, 3.05) is 13.7 Å². The predicted molar refractivity (Wildman–Crippen MR) is 103 cm³/mol. The van der Waals surface area contributed by atoms with Crippen LogP contribution in [0.15, 0.2) is 22.5 Å². The molecule has 4 aliphatic rings. The van der Waals surface area contributed by atoms with Gasteiger partial charge in [-0.3, -0.25) is 9.59 Å². The summed E-state index contributed by atoms with van der Waals surface area (Å²) in [6.45, 7) is 5.10. The number of aliphatic hydroxyl groups is 2.